The summed E-state index contributed by atoms with van der Waals surface area (Å²) in [5.41, 5.74) is 2.84. The smallest absolute Gasteiger partial charge is 0.269 e. The maximum absolute atomic E-state index is 13.5. The number of thioether (sulfide) groups is 1. The number of aromatic amines is 1. The third-order valence-corrected chi connectivity index (χ3v) is 7.90. The molecule has 194 valence electrons. The van der Waals surface area contributed by atoms with Crippen LogP contribution >= 0.6 is 11.8 Å². The topological polar surface area (TPSA) is 136 Å². The zero-order valence-electron chi connectivity index (χ0n) is 20.7. The number of nitrogens with one attached hydrogen (secondary N) is 2. The number of hydrogen-bond acceptors (Lipinski definition) is 9. The number of nitro groups is 1. The van der Waals surface area contributed by atoms with Gasteiger partial charge in [-0.15, -0.1) is 0 Å². The molecule has 38 heavy (non-hydrogen) atoms. The van der Waals surface area contributed by atoms with Gasteiger partial charge < -0.3 is 19.8 Å². The van der Waals surface area contributed by atoms with Crippen molar-refractivity contribution in [1.29, 1.82) is 0 Å². The molecule has 0 radical (unpaired) electrons. The van der Waals surface area contributed by atoms with Crippen LogP contribution in [0.15, 0.2) is 63.7 Å². The first-order valence-corrected chi connectivity index (χ1v) is 13.1. The van der Waals surface area contributed by atoms with Crippen LogP contribution in [0.5, 0.6) is 11.5 Å². The molecule has 3 aromatic rings. The van der Waals surface area contributed by atoms with Crippen LogP contribution in [0.2, 0.25) is 0 Å². The van der Waals surface area contributed by atoms with Gasteiger partial charge in [0.05, 0.1) is 10.5 Å². The highest BCUT2D eigenvalue weighted by Crippen LogP contribution is 2.49. The molecule has 3 heterocycles. The minimum absolute atomic E-state index is 0.00749. The monoisotopic (exact) mass is 532 g/mol. The predicted octanol–water partition coefficient (Wildman–Crippen LogP) is 4.90. The second-order valence-corrected chi connectivity index (χ2v) is 11.3. The van der Waals surface area contributed by atoms with Crippen LogP contribution in [-0.4, -0.2) is 27.5 Å². The van der Waals surface area contributed by atoms with E-state index in [1.807, 2.05) is 12.1 Å². The number of Topliss-reactive ketones (excluding diaryl/α,β-unsaturated/α-hetero) is 1. The van der Waals surface area contributed by atoms with Crippen molar-refractivity contribution in [2.24, 2.45) is 5.41 Å². The van der Waals surface area contributed by atoms with Crippen LogP contribution in [0, 0.1) is 15.5 Å². The molecule has 1 aliphatic carbocycles. The highest BCUT2D eigenvalue weighted by Gasteiger charge is 2.42. The molecular formula is C27H24N4O6S. The summed E-state index contributed by atoms with van der Waals surface area (Å²) in [7, 11) is 0. The normalized spacial score (nSPS) is 19.0. The minimum atomic E-state index is -0.593. The summed E-state index contributed by atoms with van der Waals surface area (Å²) in [6.45, 7) is 4.23. The quantitative estimate of drug-likeness (QED) is 0.203. The summed E-state index contributed by atoms with van der Waals surface area (Å²) >= 11 is 1.32. The van der Waals surface area contributed by atoms with Gasteiger partial charge in [0.25, 0.3) is 11.2 Å². The SMILES string of the molecule is CC1(C)CC(=O)C2=C(C1)Nc1nc(SCc3ccc([N+](=O)[O-])cc3)[nH]c(=O)c1C2c1ccc2c(c1)OCO2. The molecular weight excluding hydrogens is 508 g/mol. The lowest BCUT2D eigenvalue weighted by Crippen LogP contribution is -2.37. The molecule has 2 N–H and O–H groups in total. The molecule has 0 fully saturated rings. The standard InChI is InChI=1S/C27H24N4O6S/c1-27(2)10-17-22(18(32)11-27)21(15-5-8-19-20(9-15)37-13-36-19)23-24(28-17)29-26(30-25(23)33)38-12-14-3-6-16(7-4-14)31(34)35/h3-9,21H,10-13H2,1-2H3,(H2,28,29,30,33). The minimum Gasteiger partial charge on any atom is -0.454 e. The van der Waals surface area contributed by atoms with Crippen LogP contribution in [-0.2, 0) is 10.5 Å². The van der Waals surface area contributed by atoms with Gasteiger partial charge in [0.1, 0.15) is 5.82 Å². The van der Waals surface area contributed by atoms with Crippen LogP contribution in [0.4, 0.5) is 11.5 Å². The van der Waals surface area contributed by atoms with Gasteiger partial charge in [0, 0.05) is 41.5 Å². The van der Waals surface area contributed by atoms with E-state index in [9.17, 15) is 19.7 Å². The molecule has 0 saturated heterocycles. The van der Waals surface area contributed by atoms with Crippen molar-refractivity contribution in [1.82, 2.24) is 9.97 Å². The fraction of sp³-hybridized carbons (Fsp3) is 0.296. The maximum atomic E-state index is 13.5. The second-order valence-electron chi connectivity index (χ2n) is 10.3. The van der Waals surface area contributed by atoms with E-state index in [1.165, 1.54) is 23.9 Å². The third kappa shape index (κ3) is 4.32. The first-order valence-electron chi connectivity index (χ1n) is 12.1. The molecule has 3 aliphatic rings. The predicted molar refractivity (Wildman–Crippen MR) is 141 cm³/mol. The highest BCUT2D eigenvalue weighted by molar-refractivity contribution is 7.98. The summed E-state index contributed by atoms with van der Waals surface area (Å²) < 4.78 is 11.0. The number of ether oxygens (including phenoxy) is 2. The van der Waals surface area contributed by atoms with E-state index in [-0.39, 0.29) is 29.2 Å². The van der Waals surface area contributed by atoms with Gasteiger partial charge in [-0.25, -0.2) is 4.98 Å². The van der Waals surface area contributed by atoms with Gasteiger partial charge in [-0.3, -0.25) is 19.7 Å². The van der Waals surface area contributed by atoms with Gasteiger partial charge in [-0.05, 0) is 35.1 Å². The Morgan fingerprint density at radius 1 is 1.11 bits per heavy atom. The number of allylic oxidation sites excluding steroid dienone is 2. The average molecular weight is 533 g/mol. The Morgan fingerprint density at radius 3 is 2.63 bits per heavy atom. The van der Waals surface area contributed by atoms with E-state index in [1.54, 1.807) is 18.2 Å². The van der Waals surface area contributed by atoms with Crippen LogP contribution in [0.3, 0.4) is 0 Å². The summed E-state index contributed by atoms with van der Waals surface area (Å²) in [4.78, 5) is 45.1. The summed E-state index contributed by atoms with van der Waals surface area (Å²) in [6, 6.07) is 11.8. The van der Waals surface area contributed by atoms with Crippen LogP contribution < -0.4 is 20.3 Å². The molecule has 1 atom stereocenters. The molecule has 6 rings (SSSR count). The number of carbonyl (C=O) groups is 1. The van der Waals surface area contributed by atoms with Crippen LogP contribution in [0.1, 0.15) is 49.3 Å². The number of benzene rings is 2. The molecule has 0 bridgehead atoms. The fourth-order valence-electron chi connectivity index (χ4n) is 5.25. The maximum Gasteiger partial charge on any atom is 0.269 e. The van der Waals surface area contributed by atoms with Gasteiger partial charge in [0.15, 0.2) is 22.4 Å². The van der Waals surface area contributed by atoms with Crippen molar-refractivity contribution in [3.05, 3.63) is 90.9 Å². The number of nitrogens with zero attached hydrogens (tertiary/aromatic N) is 2. The average Bonchev–Trinajstić information content (AvgIpc) is 3.33. The highest BCUT2D eigenvalue weighted by atomic mass is 32.2. The van der Waals surface area contributed by atoms with E-state index < -0.39 is 10.8 Å². The lowest BCUT2D eigenvalue weighted by molar-refractivity contribution is -0.384. The van der Waals surface area contributed by atoms with E-state index in [0.29, 0.717) is 52.2 Å². The zero-order chi connectivity index (χ0) is 26.6. The fourth-order valence-corrected chi connectivity index (χ4v) is 6.07. The van der Waals surface area contributed by atoms with Gasteiger partial charge in [0.2, 0.25) is 6.79 Å². The van der Waals surface area contributed by atoms with Gasteiger partial charge >= 0.3 is 0 Å². The number of non-ortho nitro benzene ring substituents is 1. The van der Waals surface area contributed by atoms with Crippen molar-refractivity contribution < 1.29 is 19.2 Å². The molecule has 1 unspecified atom stereocenters. The molecule has 0 saturated carbocycles. The van der Waals surface area contributed by atoms with Crippen molar-refractivity contribution in [2.45, 2.75) is 43.5 Å². The number of hydrogen-bond donors (Lipinski definition) is 2. The molecule has 11 heteroatoms. The first kappa shape index (κ1) is 24.2. The molecule has 2 aromatic carbocycles. The third-order valence-electron chi connectivity index (χ3n) is 6.95. The number of anilines is 1. The number of fused-ring (bicyclic) bond motifs is 2. The number of ketones is 1. The van der Waals surface area contributed by atoms with E-state index in [0.717, 1.165) is 16.8 Å². The zero-order valence-corrected chi connectivity index (χ0v) is 21.5. The van der Waals surface area contributed by atoms with E-state index >= 15 is 0 Å². The lowest BCUT2D eigenvalue weighted by atomic mass is 9.69. The molecule has 1 aromatic heterocycles. The largest absolute Gasteiger partial charge is 0.454 e. The summed E-state index contributed by atoms with van der Waals surface area (Å²) in [5.74, 6) is 1.50. The second kappa shape index (κ2) is 9.02. The van der Waals surface area contributed by atoms with Crippen molar-refractivity contribution in [3.8, 4) is 11.5 Å². The summed E-state index contributed by atoms with van der Waals surface area (Å²) in [5, 5.41) is 14.6. The number of H-pyrrole nitrogens is 1. The molecule has 0 spiro atoms. The van der Waals surface area contributed by atoms with Crippen molar-refractivity contribution in [2.75, 3.05) is 12.1 Å². The molecule has 2 aliphatic heterocycles. The first-order chi connectivity index (χ1) is 18.2. The van der Waals surface area contributed by atoms with Crippen LogP contribution in [0.25, 0.3) is 0 Å². The Labute approximate surface area is 221 Å². The van der Waals surface area contributed by atoms with Crippen molar-refractivity contribution >= 4 is 29.1 Å². The summed E-state index contributed by atoms with van der Waals surface area (Å²) in [6.07, 6.45) is 1.03. The van der Waals surface area contributed by atoms with Gasteiger partial charge in [-0.1, -0.05) is 43.8 Å². The Hall–Kier alpha value is -4.12. The Morgan fingerprint density at radius 2 is 1.87 bits per heavy atom. The number of carbonyl (C=O) groups excluding carboxylic acids is 1. The molecule has 0 amide bonds. The molecule has 10 nitrogen and oxygen atoms in total. The Kier molecular flexibility index (Phi) is 5.75. The Balaban J connectivity index is 1.39. The number of nitro benzene ring substituents is 1. The van der Waals surface area contributed by atoms with Gasteiger partial charge in [-0.2, -0.15) is 0 Å². The van der Waals surface area contributed by atoms with Crippen molar-refractivity contribution in [3.63, 3.8) is 0 Å². The van der Waals surface area contributed by atoms with E-state index in [2.05, 4.69) is 24.1 Å². The number of rotatable bonds is 5. The van der Waals surface area contributed by atoms with E-state index in [4.69, 9.17) is 14.5 Å². The Bertz CT molecular complexity index is 1580. The lowest BCUT2D eigenvalue weighted by Gasteiger charge is -2.38. The number of aromatic nitrogens is 2.